The molecule has 1 aliphatic rings. The molecule has 0 unspecified atom stereocenters. The first-order valence-electron chi connectivity index (χ1n) is 10.6. The van der Waals surface area contributed by atoms with Gasteiger partial charge in [0, 0.05) is 24.3 Å². The fraction of sp³-hybridized carbons (Fsp3) is 0.160. The van der Waals surface area contributed by atoms with Crippen LogP contribution in [0.5, 0.6) is 0 Å². The van der Waals surface area contributed by atoms with Gasteiger partial charge in [-0.25, -0.2) is 14.1 Å². The molecule has 1 aliphatic carbocycles. The summed E-state index contributed by atoms with van der Waals surface area (Å²) >= 11 is 0. The van der Waals surface area contributed by atoms with Gasteiger partial charge in [-0.2, -0.15) is 0 Å². The maximum absolute atomic E-state index is 8.21. The number of aryl methyl sites for hydroxylation is 2. The molecule has 0 bridgehead atoms. The van der Waals surface area contributed by atoms with Gasteiger partial charge in [0.2, 0.25) is 6.33 Å². The average Bonchev–Trinajstić information content (AvgIpc) is 3.21. The monoisotopic (exact) mass is 426 g/mol. The minimum Gasteiger partial charge on any atom is -0.397 e. The molecule has 0 saturated carbocycles. The van der Waals surface area contributed by atoms with Crippen LogP contribution in [-0.4, -0.2) is 22.5 Å². The highest BCUT2D eigenvalue weighted by molar-refractivity contribution is 6.23. The lowest BCUT2D eigenvalue weighted by Gasteiger charge is -2.16. The van der Waals surface area contributed by atoms with Crippen molar-refractivity contribution in [3.05, 3.63) is 96.9 Å². The maximum atomic E-state index is 8.21. The molecule has 0 atom stereocenters. The molecule has 0 spiro atoms. The van der Waals surface area contributed by atoms with Crippen LogP contribution < -0.4 is 20.9 Å². The molecule has 4 rings (SSSR count). The summed E-state index contributed by atoms with van der Waals surface area (Å²) in [7, 11) is 2.02. The number of aromatic nitrogens is 2. The number of nitrogens with zero attached hydrogens (tertiary/aromatic N) is 3. The van der Waals surface area contributed by atoms with Crippen molar-refractivity contribution in [2.75, 3.05) is 17.2 Å². The molecule has 1 aromatic heterocycles. The Morgan fingerprint density at radius 3 is 2.53 bits per heavy atom. The van der Waals surface area contributed by atoms with Crippen molar-refractivity contribution in [3.8, 4) is 0 Å². The van der Waals surface area contributed by atoms with Gasteiger partial charge < -0.3 is 16.4 Å². The van der Waals surface area contributed by atoms with E-state index in [0.29, 0.717) is 22.8 Å². The highest BCUT2D eigenvalue weighted by atomic mass is 15.1. The van der Waals surface area contributed by atoms with E-state index in [1.165, 1.54) is 0 Å². The summed E-state index contributed by atoms with van der Waals surface area (Å²) in [5.74, 6) is 0. The van der Waals surface area contributed by atoms with Gasteiger partial charge >= 0.3 is 0 Å². The third-order valence-electron chi connectivity index (χ3n) is 5.08. The Balaban J connectivity index is 1.37. The maximum Gasteiger partial charge on any atom is 0.243 e. The third kappa shape index (κ3) is 5.51. The molecule has 0 radical (unpaired) electrons. The SMILES string of the molecule is C[n+]1ccn(CCCNc2ccc(/N=C3/C=C(Nc4ccccc4)C(=N)C=C3N)cc2)c1. The van der Waals surface area contributed by atoms with Crippen LogP contribution in [0, 0.1) is 5.41 Å². The fourth-order valence-electron chi connectivity index (χ4n) is 3.40. The summed E-state index contributed by atoms with van der Waals surface area (Å²) in [4.78, 5) is 4.68. The van der Waals surface area contributed by atoms with Crippen LogP contribution >= 0.6 is 0 Å². The van der Waals surface area contributed by atoms with E-state index in [-0.39, 0.29) is 0 Å². The fourth-order valence-corrected chi connectivity index (χ4v) is 3.40. The number of hydrogen-bond donors (Lipinski definition) is 4. The minimum atomic E-state index is 0.332. The zero-order chi connectivity index (χ0) is 22.3. The number of hydrogen-bond acceptors (Lipinski definition) is 5. The second-order valence-corrected chi connectivity index (χ2v) is 7.70. The van der Waals surface area contributed by atoms with Crippen LogP contribution in [0.25, 0.3) is 0 Å². The normalized spacial score (nSPS) is 14.8. The van der Waals surface area contributed by atoms with Gasteiger partial charge in [-0.15, -0.1) is 0 Å². The largest absolute Gasteiger partial charge is 0.397 e. The van der Waals surface area contributed by atoms with Gasteiger partial charge in [0.1, 0.15) is 12.4 Å². The van der Waals surface area contributed by atoms with E-state index in [1.807, 2.05) is 78.5 Å². The molecule has 0 saturated heterocycles. The molecule has 0 fully saturated rings. The molecule has 5 N–H and O–H groups in total. The van der Waals surface area contributed by atoms with Gasteiger partial charge in [0.15, 0.2) is 0 Å². The van der Waals surface area contributed by atoms with E-state index in [2.05, 4.69) is 32.7 Å². The Hall–Kier alpha value is -4.13. The van der Waals surface area contributed by atoms with Gasteiger partial charge in [-0.3, -0.25) is 5.41 Å². The molecule has 0 amide bonds. The number of imidazole rings is 1. The van der Waals surface area contributed by atoms with E-state index in [9.17, 15) is 0 Å². The Morgan fingerprint density at radius 2 is 1.81 bits per heavy atom. The molecule has 7 nitrogen and oxygen atoms in total. The topological polar surface area (TPSA) is 95.1 Å². The number of rotatable bonds is 8. The summed E-state index contributed by atoms with van der Waals surface area (Å²) in [5, 5.41) is 14.9. The number of aliphatic imine (C=N–C) groups is 1. The summed E-state index contributed by atoms with van der Waals surface area (Å²) in [5.41, 5.74) is 11.0. The Labute approximate surface area is 188 Å². The first-order chi connectivity index (χ1) is 15.6. The number of nitrogens with one attached hydrogen (secondary N) is 3. The van der Waals surface area contributed by atoms with Gasteiger partial charge in [0.05, 0.1) is 42.1 Å². The first-order valence-corrected chi connectivity index (χ1v) is 10.6. The lowest BCUT2D eigenvalue weighted by atomic mass is 10.0. The first kappa shape index (κ1) is 21.1. The lowest BCUT2D eigenvalue weighted by Crippen LogP contribution is -2.23. The average molecular weight is 427 g/mol. The van der Waals surface area contributed by atoms with Crippen LogP contribution in [-0.2, 0) is 13.6 Å². The van der Waals surface area contributed by atoms with Gasteiger partial charge in [0.25, 0.3) is 0 Å². The van der Waals surface area contributed by atoms with E-state index < -0.39 is 0 Å². The molecular weight excluding hydrogens is 398 g/mol. The number of anilines is 2. The van der Waals surface area contributed by atoms with Crippen molar-refractivity contribution in [2.45, 2.75) is 13.0 Å². The predicted octanol–water partition coefficient (Wildman–Crippen LogP) is 3.76. The number of benzene rings is 2. The lowest BCUT2D eigenvalue weighted by molar-refractivity contribution is -0.671. The number of para-hydroxylation sites is 1. The second-order valence-electron chi connectivity index (χ2n) is 7.70. The zero-order valence-corrected chi connectivity index (χ0v) is 18.1. The van der Waals surface area contributed by atoms with E-state index in [1.54, 1.807) is 6.08 Å². The summed E-state index contributed by atoms with van der Waals surface area (Å²) < 4.78 is 4.22. The molecule has 1 heterocycles. The third-order valence-corrected chi connectivity index (χ3v) is 5.08. The van der Waals surface area contributed by atoms with E-state index >= 15 is 0 Å². The van der Waals surface area contributed by atoms with Crippen molar-refractivity contribution in [1.82, 2.24) is 4.57 Å². The molecule has 162 valence electrons. The minimum absolute atomic E-state index is 0.332. The molecule has 3 aromatic rings. The van der Waals surface area contributed by atoms with Crippen molar-refractivity contribution in [3.63, 3.8) is 0 Å². The number of nitrogens with two attached hydrogens (primary N) is 1. The molecule has 2 aromatic carbocycles. The summed E-state index contributed by atoms with van der Waals surface area (Å²) in [6.07, 6.45) is 10.7. The summed E-state index contributed by atoms with van der Waals surface area (Å²) in [6.45, 7) is 1.87. The van der Waals surface area contributed by atoms with Crippen LogP contribution in [0.3, 0.4) is 0 Å². The molecule has 7 heteroatoms. The van der Waals surface area contributed by atoms with E-state index in [0.717, 1.165) is 36.6 Å². The van der Waals surface area contributed by atoms with Crippen LogP contribution in [0.1, 0.15) is 6.42 Å². The highest BCUT2D eigenvalue weighted by Crippen LogP contribution is 2.20. The summed E-state index contributed by atoms with van der Waals surface area (Å²) in [6, 6.07) is 17.7. The van der Waals surface area contributed by atoms with Crippen LogP contribution in [0.4, 0.5) is 17.1 Å². The van der Waals surface area contributed by atoms with Crippen molar-refractivity contribution < 1.29 is 4.57 Å². The molecule has 32 heavy (non-hydrogen) atoms. The van der Waals surface area contributed by atoms with Gasteiger partial charge in [-0.05, 0) is 48.6 Å². The van der Waals surface area contributed by atoms with E-state index in [4.69, 9.17) is 11.1 Å². The predicted molar refractivity (Wildman–Crippen MR) is 130 cm³/mol. The Kier molecular flexibility index (Phi) is 6.46. The quantitative estimate of drug-likeness (QED) is 0.251. The van der Waals surface area contributed by atoms with Gasteiger partial charge in [-0.1, -0.05) is 18.2 Å². The highest BCUT2D eigenvalue weighted by Gasteiger charge is 2.14. The Morgan fingerprint density at radius 1 is 1.03 bits per heavy atom. The second kappa shape index (κ2) is 9.78. The smallest absolute Gasteiger partial charge is 0.243 e. The zero-order valence-electron chi connectivity index (χ0n) is 18.1. The Bertz CT molecular complexity index is 1170. The standard InChI is InChI=1S/C25H28N7/c1-31-14-15-32(18-31)13-5-12-28-19-8-10-21(11-9-19)30-25-17-24(22(26)16-23(25)27)29-20-6-3-2-4-7-20/h2-4,6-11,14-18,26,28-29H,5,12-13,27H2,1H3/q+1/b26-22?,30-25-. The van der Waals surface area contributed by atoms with Crippen LogP contribution in [0.15, 0.2) is 102 Å². The van der Waals surface area contributed by atoms with Crippen molar-refractivity contribution in [2.24, 2.45) is 17.8 Å². The van der Waals surface area contributed by atoms with Crippen molar-refractivity contribution >= 4 is 28.5 Å². The molecular formula is C25H28N7+. The molecule has 0 aliphatic heterocycles. The number of allylic oxidation sites excluding steroid dienone is 2. The van der Waals surface area contributed by atoms with Crippen molar-refractivity contribution in [1.29, 1.82) is 5.41 Å². The van der Waals surface area contributed by atoms with Crippen LogP contribution in [0.2, 0.25) is 0 Å².